The van der Waals surface area contributed by atoms with Crippen molar-refractivity contribution in [2.45, 2.75) is 30.9 Å². The summed E-state index contributed by atoms with van der Waals surface area (Å²) in [4.78, 5) is 11.2. The Bertz CT molecular complexity index is 780. The van der Waals surface area contributed by atoms with Crippen LogP contribution in [0.1, 0.15) is 21.3 Å². The highest BCUT2D eigenvalue weighted by Gasteiger charge is 2.13. The zero-order valence-electron chi connectivity index (χ0n) is 11.1. The fourth-order valence-electron chi connectivity index (χ4n) is 1.77. The maximum Gasteiger partial charge on any atom is 0.174 e. The highest BCUT2D eigenvalue weighted by Crippen LogP contribution is 2.34. The molecule has 20 heavy (non-hydrogen) atoms. The molecule has 0 saturated carbocycles. The molecular formula is C12H11ClN4S3. The molecule has 4 nitrogen and oxygen atoms in total. The molecule has 0 saturated heterocycles. The second-order valence-electron chi connectivity index (χ2n) is 4.27. The molecule has 3 aromatic heterocycles. The fraction of sp³-hybridized carbons (Fsp3) is 0.333. The van der Waals surface area contributed by atoms with Crippen LogP contribution in [0.15, 0.2) is 4.34 Å². The number of nitrogens with zero attached hydrogens (tertiary/aromatic N) is 4. The summed E-state index contributed by atoms with van der Waals surface area (Å²) >= 11 is 11.1. The van der Waals surface area contributed by atoms with E-state index in [9.17, 15) is 0 Å². The summed E-state index contributed by atoms with van der Waals surface area (Å²) < 4.78 is 0.931. The molecule has 0 aliphatic rings. The summed E-state index contributed by atoms with van der Waals surface area (Å²) in [5.41, 5.74) is 1.17. The van der Waals surface area contributed by atoms with Crippen LogP contribution in [0.4, 0.5) is 0 Å². The van der Waals surface area contributed by atoms with Crippen molar-refractivity contribution in [1.82, 2.24) is 20.2 Å². The van der Waals surface area contributed by atoms with E-state index < -0.39 is 0 Å². The van der Waals surface area contributed by atoms with Gasteiger partial charge in [-0.25, -0.2) is 9.97 Å². The molecule has 0 aromatic carbocycles. The number of aryl methyl sites for hydroxylation is 3. The number of hydrogen-bond donors (Lipinski definition) is 0. The average molecular weight is 343 g/mol. The molecule has 8 heteroatoms. The van der Waals surface area contributed by atoms with Gasteiger partial charge in [-0.3, -0.25) is 0 Å². The first-order chi connectivity index (χ1) is 9.54. The van der Waals surface area contributed by atoms with Crippen molar-refractivity contribution in [2.24, 2.45) is 0 Å². The van der Waals surface area contributed by atoms with E-state index >= 15 is 0 Å². The first-order valence-corrected chi connectivity index (χ1v) is 8.89. The molecule has 0 atom stereocenters. The van der Waals surface area contributed by atoms with E-state index in [2.05, 4.69) is 34.0 Å². The maximum absolute atomic E-state index is 6.29. The molecule has 0 bridgehead atoms. The Hall–Kier alpha value is -0.760. The number of halogens is 1. The average Bonchev–Trinajstić information content (AvgIpc) is 2.92. The predicted octanol–water partition coefficient (Wildman–Crippen LogP) is 4.41. The zero-order chi connectivity index (χ0) is 14.3. The second-order valence-corrected chi connectivity index (χ2v) is 8.24. The normalized spacial score (nSPS) is 11.4. The first kappa shape index (κ1) is 14.2. The van der Waals surface area contributed by atoms with Crippen LogP contribution in [0.5, 0.6) is 0 Å². The molecule has 0 aliphatic carbocycles. The highest BCUT2D eigenvalue weighted by atomic mass is 35.5. The molecule has 3 heterocycles. The van der Waals surface area contributed by atoms with Gasteiger partial charge in [0.25, 0.3) is 0 Å². The SMILES string of the molecule is Cc1nnc(SCc2nc(Cl)c3c(C)c(C)sc3n2)s1. The minimum atomic E-state index is 0.542. The minimum Gasteiger partial charge on any atom is -0.221 e. The largest absolute Gasteiger partial charge is 0.221 e. The summed E-state index contributed by atoms with van der Waals surface area (Å²) in [7, 11) is 0. The molecule has 0 unspecified atom stereocenters. The van der Waals surface area contributed by atoms with Crippen LogP contribution in [0, 0.1) is 20.8 Å². The van der Waals surface area contributed by atoms with Crippen molar-refractivity contribution < 1.29 is 0 Å². The molecule has 0 N–H and O–H groups in total. The molecule has 0 aliphatic heterocycles. The van der Waals surface area contributed by atoms with Crippen LogP contribution in [0.3, 0.4) is 0 Å². The van der Waals surface area contributed by atoms with Gasteiger partial charge in [0.1, 0.15) is 20.8 Å². The summed E-state index contributed by atoms with van der Waals surface area (Å²) in [6.45, 7) is 6.08. The number of aromatic nitrogens is 4. The van der Waals surface area contributed by atoms with Crippen molar-refractivity contribution in [1.29, 1.82) is 0 Å². The molecule has 104 valence electrons. The molecule has 3 aromatic rings. The Morgan fingerprint density at radius 2 is 1.90 bits per heavy atom. The molecule has 0 amide bonds. The van der Waals surface area contributed by atoms with E-state index in [1.54, 1.807) is 34.4 Å². The number of thiophene rings is 1. The van der Waals surface area contributed by atoms with Crippen LogP contribution >= 0.6 is 46.0 Å². The van der Waals surface area contributed by atoms with E-state index in [1.807, 2.05) is 6.92 Å². The van der Waals surface area contributed by atoms with E-state index in [-0.39, 0.29) is 0 Å². The molecule has 0 spiro atoms. The third-order valence-electron chi connectivity index (χ3n) is 2.86. The van der Waals surface area contributed by atoms with Gasteiger partial charge in [0, 0.05) is 4.88 Å². The van der Waals surface area contributed by atoms with Gasteiger partial charge in [-0.1, -0.05) is 34.7 Å². The van der Waals surface area contributed by atoms with E-state index in [4.69, 9.17) is 11.6 Å². The smallest absolute Gasteiger partial charge is 0.174 e. The predicted molar refractivity (Wildman–Crippen MR) is 86.1 cm³/mol. The molecule has 3 rings (SSSR count). The monoisotopic (exact) mass is 342 g/mol. The van der Waals surface area contributed by atoms with Gasteiger partial charge in [0.2, 0.25) is 0 Å². The van der Waals surface area contributed by atoms with Gasteiger partial charge in [0.15, 0.2) is 4.34 Å². The van der Waals surface area contributed by atoms with Crippen molar-refractivity contribution in [3.05, 3.63) is 26.4 Å². The van der Waals surface area contributed by atoms with Crippen LogP contribution in [0.25, 0.3) is 10.2 Å². The Balaban J connectivity index is 1.89. The number of hydrogen-bond acceptors (Lipinski definition) is 7. The minimum absolute atomic E-state index is 0.542. The summed E-state index contributed by atoms with van der Waals surface area (Å²) in [6, 6.07) is 0. The highest BCUT2D eigenvalue weighted by molar-refractivity contribution is 8.00. The Morgan fingerprint density at radius 3 is 2.60 bits per heavy atom. The third kappa shape index (κ3) is 2.67. The number of rotatable bonds is 3. The Kier molecular flexibility index (Phi) is 3.94. The lowest BCUT2D eigenvalue weighted by molar-refractivity contribution is 0.981. The summed E-state index contributed by atoms with van der Waals surface area (Å²) in [5.74, 6) is 1.39. The third-order valence-corrected chi connectivity index (χ3v) is 6.21. The van der Waals surface area contributed by atoms with Gasteiger partial charge >= 0.3 is 0 Å². The van der Waals surface area contributed by atoms with Gasteiger partial charge in [-0.2, -0.15) is 0 Å². The van der Waals surface area contributed by atoms with Gasteiger partial charge in [-0.05, 0) is 26.3 Å². The maximum atomic E-state index is 6.29. The standard InChI is InChI=1S/C12H11ClN4S3/c1-5-6(2)19-11-9(5)10(13)14-8(15-11)4-18-12-17-16-7(3)20-12/h4H2,1-3H3. The topological polar surface area (TPSA) is 51.6 Å². The number of fused-ring (bicyclic) bond motifs is 1. The second kappa shape index (κ2) is 5.55. The van der Waals surface area contributed by atoms with Crippen molar-refractivity contribution in [2.75, 3.05) is 0 Å². The van der Waals surface area contributed by atoms with Crippen LogP contribution in [-0.2, 0) is 5.75 Å². The first-order valence-electron chi connectivity index (χ1n) is 5.89. The van der Waals surface area contributed by atoms with Crippen LogP contribution in [-0.4, -0.2) is 20.2 Å². The lowest BCUT2D eigenvalue weighted by atomic mass is 10.2. The lowest BCUT2D eigenvalue weighted by Gasteiger charge is -2.00. The zero-order valence-corrected chi connectivity index (χ0v) is 14.3. The van der Waals surface area contributed by atoms with Crippen LogP contribution < -0.4 is 0 Å². The summed E-state index contributed by atoms with van der Waals surface area (Å²) in [5, 5.41) is 10.6. The van der Waals surface area contributed by atoms with Crippen molar-refractivity contribution >= 4 is 56.3 Å². The fourth-order valence-corrected chi connectivity index (χ4v) is 4.87. The van der Waals surface area contributed by atoms with Gasteiger partial charge < -0.3 is 0 Å². The van der Waals surface area contributed by atoms with E-state index in [1.165, 1.54) is 10.4 Å². The molecular weight excluding hydrogens is 332 g/mol. The summed E-state index contributed by atoms with van der Waals surface area (Å²) in [6.07, 6.45) is 0. The lowest BCUT2D eigenvalue weighted by Crippen LogP contribution is -1.93. The van der Waals surface area contributed by atoms with Crippen molar-refractivity contribution in [3.8, 4) is 0 Å². The van der Waals surface area contributed by atoms with Crippen molar-refractivity contribution in [3.63, 3.8) is 0 Å². The van der Waals surface area contributed by atoms with E-state index in [0.29, 0.717) is 10.9 Å². The molecule has 0 fully saturated rings. The Morgan fingerprint density at radius 1 is 1.10 bits per heavy atom. The van der Waals surface area contributed by atoms with E-state index in [0.717, 1.165) is 25.4 Å². The Labute approximate surface area is 133 Å². The van der Waals surface area contributed by atoms with Crippen LogP contribution in [0.2, 0.25) is 5.15 Å². The number of thioether (sulfide) groups is 1. The van der Waals surface area contributed by atoms with Gasteiger partial charge in [0.05, 0.1) is 11.1 Å². The van der Waals surface area contributed by atoms with Gasteiger partial charge in [-0.15, -0.1) is 21.5 Å². The molecule has 0 radical (unpaired) electrons. The quantitative estimate of drug-likeness (QED) is 0.521.